The monoisotopic (exact) mass is 430 g/mol. The van der Waals surface area contributed by atoms with Crippen molar-refractivity contribution in [3.05, 3.63) is 41.6 Å². The van der Waals surface area contributed by atoms with Gasteiger partial charge >= 0.3 is 0 Å². The Bertz CT molecular complexity index is 1060. The number of ether oxygens (including phenoxy) is 1. The Kier molecular flexibility index (Phi) is 5.27. The molecule has 1 atom stereocenters. The number of sulfonamides is 1. The van der Waals surface area contributed by atoms with Crippen LogP contribution in [0.1, 0.15) is 38.4 Å². The number of hydrogen-bond donors (Lipinski definition) is 1. The van der Waals surface area contributed by atoms with Crippen molar-refractivity contribution in [2.75, 3.05) is 25.0 Å². The minimum Gasteiger partial charge on any atom is -0.476 e. The Labute approximate surface area is 176 Å². The molecule has 1 unspecified atom stereocenters. The van der Waals surface area contributed by atoms with Gasteiger partial charge in [-0.2, -0.15) is 9.40 Å². The summed E-state index contributed by atoms with van der Waals surface area (Å²) < 4.78 is 33.3. The number of carbonyl (C=O) groups is 1. The lowest BCUT2D eigenvalue weighted by Crippen LogP contribution is -2.29. The standard InChI is InChI=1S/C21H26N4O4S/c1-21(2,3)18-6-7-20(24-23-18)29-13-14-8-9-25(12-14)30(27,28)16-4-5-17-15(10-16)11-19(26)22-17/h4-7,10,14H,8-9,11-13H2,1-3H3,(H,22,26). The summed E-state index contributed by atoms with van der Waals surface area (Å²) >= 11 is 0. The summed E-state index contributed by atoms with van der Waals surface area (Å²) in [6.45, 7) is 7.43. The SMILES string of the molecule is CC(C)(C)c1ccc(OCC2CCN(S(=O)(=O)c3ccc4c(c3)CC(=O)N4)C2)nn1. The number of aromatic nitrogens is 2. The molecule has 2 aromatic rings. The molecule has 160 valence electrons. The highest BCUT2D eigenvalue weighted by molar-refractivity contribution is 7.89. The van der Waals surface area contributed by atoms with E-state index in [0.717, 1.165) is 17.7 Å². The van der Waals surface area contributed by atoms with E-state index in [1.54, 1.807) is 24.3 Å². The molecule has 0 spiro atoms. The van der Waals surface area contributed by atoms with Crippen LogP contribution in [0.15, 0.2) is 35.2 Å². The number of anilines is 1. The zero-order valence-electron chi connectivity index (χ0n) is 17.4. The smallest absolute Gasteiger partial charge is 0.243 e. The molecule has 8 nitrogen and oxygen atoms in total. The summed E-state index contributed by atoms with van der Waals surface area (Å²) in [5.74, 6) is 0.415. The Morgan fingerprint density at radius 2 is 2.00 bits per heavy atom. The lowest BCUT2D eigenvalue weighted by Gasteiger charge is -2.18. The van der Waals surface area contributed by atoms with E-state index in [2.05, 4.69) is 36.3 Å². The Balaban J connectivity index is 1.37. The van der Waals surface area contributed by atoms with Crippen LogP contribution in [0.2, 0.25) is 0 Å². The number of benzene rings is 1. The fourth-order valence-corrected chi connectivity index (χ4v) is 5.25. The fraction of sp³-hybridized carbons (Fsp3) is 0.476. The first-order valence-electron chi connectivity index (χ1n) is 10.0. The largest absolute Gasteiger partial charge is 0.476 e. The van der Waals surface area contributed by atoms with E-state index in [-0.39, 0.29) is 28.6 Å². The van der Waals surface area contributed by atoms with Crippen LogP contribution < -0.4 is 10.1 Å². The van der Waals surface area contributed by atoms with Crippen molar-refractivity contribution in [2.45, 2.75) is 43.9 Å². The van der Waals surface area contributed by atoms with Gasteiger partial charge in [-0.25, -0.2) is 8.42 Å². The molecule has 0 aliphatic carbocycles. The van der Waals surface area contributed by atoms with Crippen LogP contribution in [0.3, 0.4) is 0 Å². The van der Waals surface area contributed by atoms with Crippen LogP contribution in [0.4, 0.5) is 5.69 Å². The second-order valence-electron chi connectivity index (χ2n) is 8.88. The van der Waals surface area contributed by atoms with Crippen molar-refractivity contribution in [3.63, 3.8) is 0 Å². The van der Waals surface area contributed by atoms with Gasteiger partial charge in [-0.1, -0.05) is 20.8 Å². The lowest BCUT2D eigenvalue weighted by molar-refractivity contribution is -0.115. The summed E-state index contributed by atoms with van der Waals surface area (Å²) in [5.41, 5.74) is 2.22. The molecule has 3 heterocycles. The number of carbonyl (C=O) groups excluding carboxylic acids is 1. The molecular formula is C21H26N4O4S. The highest BCUT2D eigenvalue weighted by atomic mass is 32.2. The van der Waals surface area contributed by atoms with Crippen LogP contribution in [-0.4, -0.2) is 48.5 Å². The lowest BCUT2D eigenvalue weighted by atomic mass is 9.92. The Hall–Kier alpha value is -2.52. The quantitative estimate of drug-likeness (QED) is 0.781. The Morgan fingerprint density at radius 1 is 1.20 bits per heavy atom. The minimum atomic E-state index is -3.60. The van der Waals surface area contributed by atoms with E-state index in [1.807, 2.05) is 6.07 Å². The van der Waals surface area contributed by atoms with Crippen LogP contribution >= 0.6 is 0 Å². The molecule has 9 heteroatoms. The molecule has 30 heavy (non-hydrogen) atoms. The molecule has 2 aliphatic heterocycles. The van der Waals surface area contributed by atoms with Gasteiger partial charge in [0.2, 0.25) is 21.8 Å². The summed E-state index contributed by atoms with van der Waals surface area (Å²) in [6.07, 6.45) is 0.932. The van der Waals surface area contributed by atoms with Crippen LogP contribution in [-0.2, 0) is 26.7 Å². The van der Waals surface area contributed by atoms with Crippen LogP contribution in [0.25, 0.3) is 0 Å². The number of amides is 1. The maximum atomic E-state index is 13.0. The van der Waals surface area contributed by atoms with E-state index < -0.39 is 10.0 Å². The van der Waals surface area contributed by atoms with Crippen molar-refractivity contribution in [2.24, 2.45) is 5.92 Å². The van der Waals surface area contributed by atoms with Crippen LogP contribution in [0, 0.1) is 5.92 Å². The number of nitrogens with zero attached hydrogens (tertiary/aromatic N) is 3. The van der Waals surface area contributed by atoms with Crippen LogP contribution in [0.5, 0.6) is 5.88 Å². The summed E-state index contributed by atoms with van der Waals surface area (Å²) in [5, 5.41) is 11.1. The molecule has 1 fully saturated rings. The second-order valence-corrected chi connectivity index (χ2v) is 10.8. The molecular weight excluding hydrogens is 404 g/mol. The number of nitrogens with one attached hydrogen (secondary N) is 1. The van der Waals surface area contributed by atoms with Gasteiger partial charge in [0.25, 0.3) is 0 Å². The highest BCUT2D eigenvalue weighted by Gasteiger charge is 2.34. The third-order valence-corrected chi connectivity index (χ3v) is 7.32. The van der Waals surface area contributed by atoms with Crippen molar-refractivity contribution in [1.82, 2.24) is 14.5 Å². The highest BCUT2D eigenvalue weighted by Crippen LogP contribution is 2.30. The molecule has 0 radical (unpaired) electrons. The number of rotatable bonds is 5. The first kappa shape index (κ1) is 20.7. The average molecular weight is 431 g/mol. The van der Waals surface area contributed by atoms with Crippen molar-refractivity contribution in [3.8, 4) is 5.88 Å². The summed E-state index contributed by atoms with van der Waals surface area (Å²) in [7, 11) is -3.60. The van der Waals surface area contributed by atoms with E-state index in [1.165, 1.54) is 4.31 Å². The second kappa shape index (κ2) is 7.63. The number of hydrogen-bond acceptors (Lipinski definition) is 6. The molecule has 1 saturated heterocycles. The van der Waals surface area contributed by atoms with E-state index in [4.69, 9.17) is 4.74 Å². The van der Waals surface area contributed by atoms with E-state index in [9.17, 15) is 13.2 Å². The predicted molar refractivity (Wildman–Crippen MR) is 112 cm³/mol. The van der Waals surface area contributed by atoms with Gasteiger partial charge in [0, 0.05) is 36.2 Å². The molecule has 1 amide bonds. The third kappa shape index (κ3) is 4.17. The molecule has 2 aliphatic rings. The Morgan fingerprint density at radius 3 is 2.70 bits per heavy atom. The molecule has 1 aromatic carbocycles. The van der Waals surface area contributed by atoms with E-state index >= 15 is 0 Å². The van der Waals surface area contributed by atoms with Gasteiger partial charge in [-0.3, -0.25) is 4.79 Å². The first-order valence-corrected chi connectivity index (χ1v) is 11.5. The van der Waals surface area contributed by atoms with Crippen molar-refractivity contribution >= 4 is 21.6 Å². The topological polar surface area (TPSA) is 101 Å². The third-order valence-electron chi connectivity index (χ3n) is 5.46. The maximum absolute atomic E-state index is 13.0. The van der Waals surface area contributed by atoms with Gasteiger partial charge in [0.05, 0.1) is 23.6 Å². The molecule has 1 aromatic heterocycles. The van der Waals surface area contributed by atoms with Crippen molar-refractivity contribution in [1.29, 1.82) is 0 Å². The minimum absolute atomic E-state index is 0.0766. The predicted octanol–water partition coefficient (Wildman–Crippen LogP) is 2.36. The van der Waals surface area contributed by atoms with E-state index in [0.29, 0.717) is 31.3 Å². The summed E-state index contributed by atoms with van der Waals surface area (Å²) in [6, 6.07) is 8.51. The molecule has 4 rings (SSSR count). The normalized spacial score (nSPS) is 19.6. The zero-order chi connectivity index (χ0) is 21.5. The molecule has 0 saturated carbocycles. The van der Waals surface area contributed by atoms with Gasteiger partial charge in [-0.05, 0) is 36.2 Å². The summed E-state index contributed by atoms with van der Waals surface area (Å²) in [4.78, 5) is 11.7. The fourth-order valence-electron chi connectivity index (χ4n) is 3.67. The maximum Gasteiger partial charge on any atom is 0.243 e. The molecule has 1 N–H and O–H groups in total. The van der Waals surface area contributed by atoms with Crippen molar-refractivity contribution < 1.29 is 17.9 Å². The van der Waals surface area contributed by atoms with Gasteiger partial charge in [0.1, 0.15) is 0 Å². The average Bonchev–Trinajstić information content (AvgIpc) is 3.31. The molecule has 0 bridgehead atoms. The first-order chi connectivity index (χ1) is 14.1. The van der Waals surface area contributed by atoms with Gasteiger partial charge in [0.15, 0.2) is 0 Å². The van der Waals surface area contributed by atoms with Gasteiger partial charge < -0.3 is 10.1 Å². The van der Waals surface area contributed by atoms with Gasteiger partial charge in [-0.15, -0.1) is 5.10 Å². The number of fused-ring (bicyclic) bond motifs is 1. The zero-order valence-corrected chi connectivity index (χ0v) is 18.2.